The molecule has 1 aromatic rings. The van der Waals surface area contributed by atoms with Gasteiger partial charge in [0.2, 0.25) is 11.8 Å². The van der Waals surface area contributed by atoms with Gasteiger partial charge in [0.15, 0.2) is 0 Å². The number of alkyl carbamates (subject to hydrolysis) is 1. The fourth-order valence-electron chi connectivity index (χ4n) is 4.52. The molecular formula is C28H45N3O4. The molecule has 7 heteroatoms. The van der Waals surface area contributed by atoms with Crippen molar-refractivity contribution in [1.82, 2.24) is 15.5 Å². The van der Waals surface area contributed by atoms with E-state index in [1.54, 1.807) is 32.6 Å². The van der Waals surface area contributed by atoms with Crippen LogP contribution in [0.3, 0.4) is 0 Å². The van der Waals surface area contributed by atoms with Gasteiger partial charge in [-0.2, -0.15) is 0 Å². The maximum atomic E-state index is 13.8. The third kappa shape index (κ3) is 8.86. The maximum Gasteiger partial charge on any atom is 0.408 e. The van der Waals surface area contributed by atoms with Gasteiger partial charge in [-0.25, -0.2) is 4.79 Å². The van der Waals surface area contributed by atoms with Gasteiger partial charge >= 0.3 is 6.09 Å². The highest BCUT2D eigenvalue weighted by atomic mass is 16.6. The van der Waals surface area contributed by atoms with E-state index in [1.165, 1.54) is 6.42 Å². The minimum absolute atomic E-state index is 0.129. The minimum atomic E-state index is -0.836. The lowest BCUT2D eigenvalue weighted by molar-refractivity contribution is -0.142. The van der Waals surface area contributed by atoms with Crippen molar-refractivity contribution in [3.8, 4) is 0 Å². The molecule has 0 spiro atoms. The zero-order valence-electron chi connectivity index (χ0n) is 22.7. The summed E-state index contributed by atoms with van der Waals surface area (Å²) in [6, 6.07) is 4.54. The van der Waals surface area contributed by atoms with Gasteiger partial charge < -0.3 is 20.3 Å². The molecule has 1 aliphatic rings. The Morgan fingerprint density at radius 2 is 1.77 bits per heavy atom. The second kappa shape index (κ2) is 12.9. The highest BCUT2D eigenvalue weighted by molar-refractivity contribution is 5.92. The Bertz CT molecular complexity index is 871. The van der Waals surface area contributed by atoms with Crippen LogP contribution in [0.4, 0.5) is 4.79 Å². The molecule has 2 N–H and O–H groups in total. The maximum absolute atomic E-state index is 13.8. The summed E-state index contributed by atoms with van der Waals surface area (Å²) in [7, 11) is 0. The summed E-state index contributed by atoms with van der Waals surface area (Å²) < 4.78 is 5.35. The number of benzene rings is 1. The zero-order valence-corrected chi connectivity index (χ0v) is 22.7. The Balaban J connectivity index is 2.39. The van der Waals surface area contributed by atoms with Crippen LogP contribution >= 0.6 is 0 Å². The Labute approximate surface area is 211 Å². The van der Waals surface area contributed by atoms with Crippen LogP contribution in [0.1, 0.15) is 102 Å². The monoisotopic (exact) mass is 487 g/mol. The number of unbranched alkanes of at least 4 members (excludes halogenated alkanes) is 1. The van der Waals surface area contributed by atoms with Gasteiger partial charge in [0.1, 0.15) is 17.7 Å². The molecule has 0 aliphatic heterocycles. The first-order chi connectivity index (χ1) is 16.4. The van der Waals surface area contributed by atoms with Crippen LogP contribution in [-0.4, -0.2) is 47.0 Å². The summed E-state index contributed by atoms with van der Waals surface area (Å²) >= 11 is 0. The van der Waals surface area contributed by atoms with Crippen LogP contribution in [0.5, 0.6) is 0 Å². The molecule has 2 unspecified atom stereocenters. The number of nitrogens with zero attached hydrogens (tertiary/aromatic N) is 1. The van der Waals surface area contributed by atoms with E-state index in [-0.39, 0.29) is 17.9 Å². The van der Waals surface area contributed by atoms with Gasteiger partial charge in [-0.15, -0.1) is 0 Å². The number of aryl methyl sites for hydroxylation is 2. The number of nitrogens with one attached hydrogen (secondary N) is 2. The van der Waals surface area contributed by atoms with Crippen LogP contribution in [0.15, 0.2) is 18.2 Å². The number of carbonyl (C=O) groups excluding carboxylic acids is 3. The van der Waals surface area contributed by atoms with Crippen molar-refractivity contribution in [2.24, 2.45) is 0 Å². The summed E-state index contributed by atoms with van der Waals surface area (Å²) in [6.45, 7) is 13.4. The Morgan fingerprint density at radius 3 is 2.37 bits per heavy atom. The van der Waals surface area contributed by atoms with Crippen LogP contribution in [0, 0.1) is 13.8 Å². The minimum Gasteiger partial charge on any atom is -0.444 e. The van der Waals surface area contributed by atoms with Crippen molar-refractivity contribution < 1.29 is 19.1 Å². The molecule has 0 saturated heterocycles. The summed E-state index contributed by atoms with van der Waals surface area (Å²) in [5, 5.41) is 5.90. The lowest BCUT2D eigenvalue weighted by Gasteiger charge is -2.35. The summed E-state index contributed by atoms with van der Waals surface area (Å²) in [5.41, 5.74) is 2.15. The molecule has 3 amide bonds. The van der Waals surface area contributed by atoms with Crippen molar-refractivity contribution in [3.05, 3.63) is 34.9 Å². The van der Waals surface area contributed by atoms with Gasteiger partial charge in [-0.05, 0) is 71.9 Å². The van der Waals surface area contributed by atoms with Gasteiger partial charge in [0, 0.05) is 12.6 Å². The first-order valence-corrected chi connectivity index (χ1v) is 13.1. The average molecular weight is 488 g/mol. The Hall–Kier alpha value is -2.57. The second-order valence-electron chi connectivity index (χ2n) is 10.9. The number of rotatable bonds is 9. The smallest absolute Gasteiger partial charge is 0.408 e. The average Bonchev–Trinajstić information content (AvgIpc) is 2.77. The molecule has 0 bridgehead atoms. The molecule has 196 valence electrons. The van der Waals surface area contributed by atoms with Crippen molar-refractivity contribution in [2.45, 2.75) is 117 Å². The van der Waals surface area contributed by atoms with Crippen LogP contribution < -0.4 is 10.6 Å². The summed E-state index contributed by atoms with van der Waals surface area (Å²) in [4.78, 5) is 41.5. The van der Waals surface area contributed by atoms with E-state index in [9.17, 15) is 14.4 Å². The molecule has 7 nitrogen and oxygen atoms in total. The first-order valence-electron chi connectivity index (χ1n) is 13.1. The summed E-state index contributed by atoms with van der Waals surface area (Å²) in [6.07, 6.45) is 6.31. The van der Waals surface area contributed by atoms with Crippen molar-refractivity contribution in [1.29, 1.82) is 0 Å². The van der Waals surface area contributed by atoms with E-state index in [4.69, 9.17) is 4.74 Å². The van der Waals surface area contributed by atoms with Gasteiger partial charge in [0.25, 0.3) is 0 Å². The van der Waals surface area contributed by atoms with Crippen LogP contribution in [0.2, 0.25) is 0 Å². The fourth-order valence-corrected chi connectivity index (χ4v) is 4.52. The van der Waals surface area contributed by atoms with Crippen molar-refractivity contribution in [3.63, 3.8) is 0 Å². The largest absolute Gasteiger partial charge is 0.444 e. The second-order valence-corrected chi connectivity index (χ2v) is 10.9. The van der Waals surface area contributed by atoms with Gasteiger partial charge in [-0.1, -0.05) is 56.4 Å². The molecule has 2 atom stereocenters. The van der Waals surface area contributed by atoms with E-state index >= 15 is 0 Å². The van der Waals surface area contributed by atoms with Crippen LogP contribution in [-0.2, 0) is 14.3 Å². The molecule has 0 aromatic heterocycles. The molecule has 35 heavy (non-hydrogen) atoms. The first kappa shape index (κ1) is 28.7. The quantitative estimate of drug-likeness (QED) is 0.492. The molecule has 2 rings (SSSR count). The number of carbonyl (C=O) groups is 3. The SMILES string of the molecule is CCCCN(C(=O)C(C)NC(=O)OC(C)(C)C)C(C(=O)NC1CCCCC1)c1cc(C)ccc1C. The number of ether oxygens (including phenoxy) is 1. The molecule has 0 heterocycles. The van der Waals surface area contributed by atoms with Crippen LogP contribution in [0.25, 0.3) is 0 Å². The molecule has 1 saturated carbocycles. The van der Waals surface area contributed by atoms with Crippen molar-refractivity contribution >= 4 is 17.9 Å². The fraction of sp³-hybridized carbons (Fsp3) is 0.679. The highest BCUT2D eigenvalue weighted by Crippen LogP contribution is 2.28. The lowest BCUT2D eigenvalue weighted by atomic mass is 9.93. The molecule has 1 aromatic carbocycles. The molecular weight excluding hydrogens is 442 g/mol. The van der Waals surface area contributed by atoms with E-state index < -0.39 is 23.8 Å². The predicted octanol–water partition coefficient (Wildman–Crippen LogP) is 5.34. The van der Waals surface area contributed by atoms with E-state index in [0.717, 1.165) is 55.2 Å². The zero-order chi connectivity index (χ0) is 26.2. The lowest BCUT2D eigenvalue weighted by Crippen LogP contribution is -2.53. The Kier molecular flexibility index (Phi) is 10.6. The number of amides is 3. The van der Waals surface area contributed by atoms with Gasteiger partial charge in [-0.3, -0.25) is 9.59 Å². The predicted molar refractivity (Wildman–Crippen MR) is 139 cm³/mol. The molecule has 1 fully saturated rings. The number of hydrogen-bond acceptors (Lipinski definition) is 4. The highest BCUT2D eigenvalue weighted by Gasteiger charge is 2.36. The third-order valence-electron chi connectivity index (χ3n) is 6.38. The third-order valence-corrected chi connectivity index (χ3v) is 6.38. The van der Waals surface area contributed by atoms with E-state index in [1.807, 2.05) is 32.0 Å². The van der Waals surface area contributed by atoms with Gasteiger partial charge in [0.05, 0.1) is 0 Å². The topological polar surface area (TPSA) is 87.7 Å². The normalized spacial score (nSPS) is 16.2. The molecule has 0 radical (unpaired) electrons. The van der Waals surface area contributed by atoms with E-state index in [0.29, 0.717) is 6.54 Å². The molecule has 1 aliphatic carbocycles. The Morgan fingerprint density at radius 1 is 1.11 bits per heavy atom. The standard InChI is InChI=1S/C28H45N3O4/c1-8-9-17-31(26(33)21(4)29-27(34)35-28(5,6)7)24(23-18-19(2)15-16-20(23)3)25(32)30-22-13-11-10-12-14-22/h15-16,18,21-22,24H,8-14,17H2,1-7H3,(H,29,34)(H,30,32). The van der Waals surface area contributed by atoms with Crippen molar-refractivity contribution in [2.75, 3.05) is 6.54 Å². The number of hydrogen-bond donors (Lipinski definition) is 2. The summed E-state index contributed by atoms with van der Waals surface area (Å²) in [5.74, 6) is -0.450. The van der Waals surface area contributed by atoms with E-state index in [2.05, 4.69) is 17.6 Å².